The minimum Gasteiger partial charge on any atom is -0.481 e. The van der Waals surface area contributed by atoms with E-state index >= 15 is 0 Å². The van der Waals surface area contributed by atoms with Crippen molar-refractivity contribution < 1.29 is 44.7 Å². The van der Waals surface area contributed by atoms with E-state index in [2.05, 4.69) is 5.32 Å². The number of aliphatic carboxylic acids is 3. The summed E-state index contributed by atoms with van der Waals surface area (Å²) in [5.74, 6) is -3.89. The van der Waals surface area contributed by atoms with Crippen LogP contribution in [-0.2, 0) is 19.2 Å². The van der Waals surface area contributed by atoms with Crippen LogP contribution in [0.2, 0.25) is 0 Å². The molecule has 0 spiro atoms. The van der Waals surface area contributed by atoms with Crippen LogP contribution in [0.4, 0.5) is 0 Å². The largest absolute Gasteiger partial charge is 0.481 e. The Morgan fingerprint density at radius 2 is 1.52 bits per heavy atom. The molecule has 146 valence electrons. The molecular weight excluding hydrogens is 340 g/mol. The number of aliphatic hydroxyl groups excluding tert-OH is 2. The SMILES string of the molecule is CC(C)(CO)[C@@H](O)C(=O)NCCC(=O)O.NC(CCC(=O)O)C(=O)O. The lowest BCUT2D eigenvalue weighted by atomic mass is 9.87. The van der Waals surface area contributed by atoms with Gasteiger partial charge in [-0.1, -0.05) is 13.8 Å². The second-order valence-electron chi connectivity index (χ2n) is 5.86. The predicted octanol–water partition coefficient (Wildman–Crippen LogP) is -1.78. The Balaban J connectivity index is 0. The number of amides is 1. The lowest BCUT2D eigenvalue weighted by molar-refractivity contribution is -0.141. The van der Waals surface area contributed by atoms with Crippen molar-refractivity contribution in [2.45, 2.75) is 45.3 Å². The molecule has 0 saturated carbocycles. The van der Waals surface area contributed by atoms with Gasteiger partial charge in [0.15, 0.2) is 0 Å². The van der Waals surface area contributed by atoms with Gasteiger partial charge < -0.3 is 36.6 Å². The predicted molar refractivity (Wildman–Crippen MR) is 84.6 cm³/mol. The van der Waals surface area contributed by atoms with Crippen molar-refractivity contribution in [3.63, 3.8) is 0 Å². The van der Waals surface area contributed by atoms with E-state index in [9.17, 15) is 24.3 Å². The summed E-state index contributed by atoms with van der Waals surface area (Å²) < 4.78 is 0. The number of hydrogen-bond acceptors (Lipinski definition) is 7. The van der Waals surface area contributed by atoms with Gasteiger partial charge in [0, 0.05) is 18.4 Å². The van der Waals surface area contributed by atoms with Gasteiger partial charge in [0.1, 0.15) is 12.1 Å². The molecule has 0 heterocycles. The maximum Gasteiger partial charge on any atom is 0.320 e. The molecule has 1 unspecified atom stereocenters. The van der Waals surface area contributed by atoms with Gasteiger partial charge in [0.25, 0.3) is 0 Å². The Morgan fingerprint density at radius 3 is 1.88 bits per heavy atom. The van der Waals surface area contributed by atoms with Crippen LogP contribution in [0.1, 0.15) is 33.1 Å². The molecule has 11 heteroatoms. The highest BCUT2D eigenvalue weighted by Gasteiger charge is 2.32. The van der Waals surface area contributed by atoms with Crippen molar-refractivity contribution in [1.82, 2.24) is 5.32 Å². The van der Waals surface area contributed by atoms with E-state index in [1.165, 1.54) is 13.8 Å². The third kappa shape index (κ3) is 12.8. The molecule has 0 fully saturated rings. The van der Waals surface area contributed by atoms with Crippen molar-refractivity contribution in [2.75, 3.05) is 13.2 Å². The van der Waals surface area contributed by atoms with Crippen LogP contribution < -0.4 is 11.1 Å². The summed E-state index contributed by atoms with van der Waals surface area (Å²) in [6.45, 7) is 2.70. The van der Waals surface area contributed by atoms with Crippen molar-refractivity contribution >= 4 is 23.8 Å². The highest BCUT2D eigenvalue weighted by atomic mass is 16.4. The smallest absolute Gasteiger partial charge is 0.320 e. The zero-order chi connectivity index (χ0) is 20.2. The topological polar surface area (TPSA) is 207 Å². The fraction of sp³-hybridized carbons (Fsp3) is 0.714. The molecule has 0 bridgehead atoms. The first-order chi connectivity index (χ1) is 11.3. The minimum absolute atomic E-state index is 0.0231. The summed E-state index contributed by atoms with van der Waals surface area (Å²) in [5.41, 5.74) is 4.06. The van der Waals surface area contributed by atoms with Crippen LogP contribution in [-0.4, -0.2) is 74.6 Å². The fourth-order valence-electron chi connectivity index (χ4n) is 1.23. The van der Waals surface area contributed by atoms with E-state index in [0.29, 0.717) is 0 Å². The Kier molecular flexibility index (Phi) is 12.2. The van der Waals surface area contributed by atoms with Crippen LogP contribution in [0.25, 0.3) is 0 Å². The van der Waals surface area contributed by atoms with Gasteiger partial charge in [0.05, 0.1) is 13.0 Å². The summed E-state index contributed by atoms with van der Waals surface area (Å²) >= 11 is 0. The summed E-state index contributed by atoms with van der Waals surface area (Å²) in [5, 5.41) is 45.2. The normalized spacial score (nSPS) is 13.0. The van der Waals surface area contributed by atoms with Gasteiger partial charge in [-0.05, 0) is 6.42 Å². The summed E-state index contributed by atoms with van der Waals surface area (Å²) in [4.78, 5) is 41.3. The highest BCUT2D eigenvalue weighted by Crippen LogP contribution is 2.19. The number of carboxylic acid groups (broad SMARTS) is 3. The number of rotatable bonds is 10. The van der Waals surface area contributed by atoms with Crippen LogP contribution in [0.15, 0.2) is 0 Å². The first-order valence-electron chi connectivity index (χ1n) is 7.33. The zero-order valence-electron chi connectivity index (χ0n) is 14.1. The molecule has 0 saturated heterocycles. The molecule has 1 amide bonds. The van der Waals surface area contributed by atoms with Gasteiger partial charge in [-0.3, -0.25) is 19.2 Å². The van der Waals surface area contributed by atoms with E-state index in [4.69, 9.17) is 26.2 Å². The van der Waals surface area contributed by atoms with E-state index in [1.807, 2.05) is 0 Å². The quantitative estimate of drug-likeness (QED) is 0.231. The Labute approximate surface area is 144 Å². The Hall–Kier alpha value is -2.24. The van der Waals surface area contributed by atoms with Crippen molar-refractivity contribution in [3.05, 3.63) is 0 Å². The minimum atomic E-state index is -1.35. The monoisotopic (exact) mass is 366 g/mol. The number of hydrogen-bond donors (Lipinski definition) is 7. The molecule has 0 aromatic heterocycles. The zero-order valence-corrected chi connectivity index (χ0v) is 14.1. The van der Waals surface area contributed by atoms with E-state index < -0.39 is 41.4 Å². The number of carboxylic acids is 3. The first-order valence-corrected chi connectivity index (χ1v) is 7.33. The van der Waals surface area contributed by atoms with Gasteiger partial charge in [-0.25, -0.2) is 0 Å². The Morgan fingerprint density at radius 1 is 1.04 bits per heavy atom. The molecule has 25 heavy (non-hydrogen) atoms. The molecule has 0 rings (SSSR count). The average molecular weight is 366 g/mol. The summed E-state index contributed by atoms with van der Waals surface area (Å²) in [6.07, 6.45) is -1.77. The van der Waals surface area contributed by atoms with Crippen molar-refractivity contribution in [2.24, 2.45) is 11.1 Å². The van der Waals surface area contributed by atoms with Gasteiger partial charge >= 0.3 is 17.9 Å². The third-order valence-corrected chi connectivity index (χ3v) is 3.02. The molecular formula is C14H26N2O9. The first kappa shape index (κ1) is 25.0. The molecule has 2 atom stereocenters. The molecule has 0 aliphatic heterocycles. The van der Waals surface area contributed by atoms with Crippen LogP contribution in [0.5, 0.6) is 0 Å². The van der Waals surface area contributed by atoms with Gasteiger partial charge in [-0.2, -0.15) is 0 Å². The maximum absolute atomic E-state index is 11.3. The number of carbonyl (C=O) groups is 4. The third-order valence-electron chi connectivity index (χ3n) is 3.02. The molecule has 0 aliphatic carbocycles. The number of carbonyl (C=O) groups excluding carboxylic acids is 1. The van der Waals surface area contributed by atoms with Gasteiger partial charge in [-0.15, -0.1) is 0 Å². The lowest BCUT2D eigenvalue weighted by Crippen LogP contribution is -2.45. The van der Waals surface area contributed by atoms with E-state index in [0.717, 1.165) is 0 Å². The Bertz CT molecular complexity index is 465. The highest BCUT2D eigenvalue weighted by molar-refractivity contribution is 5.81. The van der Waals surface area contributed by atoms with E-state index in [-0.39, 0.29) is 32.4 Å². The van der Waals surface area contributed by atoms with Gasteiger partial charge in [0.2, 0.25) is 5.91 Å². The van der Waals surface area contributed by atoms with Crippen LogP contribution in [0, 0.1) is 5.41 Å². The molecule has 0 aromatic rings. The number of nitrogens with two attached hydrogens (primary N) is 1. The second kappa shape index (κ2) is 12.2. The fourth-order valence-corrected chi connectivity index (χ4v) is 1.23. The van der Waals surface area contributed by atoms with Crippen LogP contribution in [0.3, 0.4) is 0 Å². The molecule has 0 aromatic carbocycles. The summed E-state index contributed by atoms with van der Waals surface area (Å²) in [6, 6.07) is -1.06. The summed E-state index contributed by atoms with van der Waals surface area (Å²) in [7, 11) is 0. The molecule has 8 N–H and O–H groups in total. The second-order valence-corrected chi connectivity index (χ2v) is 5.86. The standard InChI is InChI=1S/C9H17NO5.C5H9NO4/c1-9(2,5-11)7(14)8(15)10-4-3-6(12)13;6-3(5(9)10)1-2-4(7)8/h7,11,14H,3-5H2,1-2H3,(H,10,15)(H,12,13);3H,1-2,6H2,(H,7,8)(H,9,10)/t7-;/m0./s1. The average Bonchev–Trinajstić information content (AvgIpc) is 2.51. The van der Waals surface area contributed by atoms with Crippen molar-refractivity contribution in [3.8, 4) is 0 Å². The van der Waals surface area contributed by atoms with Crippen LogP contribution >= 0.6 is 0 Å². The van der Waals surface area contributed by atoms with E-state index in [1.54, 1.807) is 0 Å². The van der Waals surface area contributed by atoms with Crippen molar-refractivity contribution in [1.29, 1.82) is 0 Å². The molecule has 11 nitrogen and oxygen atoms in total. The maximum atomic E-state index is 11.3. The number of aliphatic hydroxyl groups is 2. The molecule has 0 aliphatic rings. The lowest BCUT2D eigenvalue weighted by Gasteiger charge is -2.26. The number of nitrogens with one attached hydrogen (secondary N) is 1. The molecule has 0 radical (unpaired) electrons.